The van der Waals surface area contributed by atoms with E-state index in [2.05, 4.69) is 0 Å². The smallest absolute Gasteiger partial charge is 0.190 e. The molecule has 0 heterocycles. The maximum atomic E-state index is 17.5. The van der Waals surface area contributed by atoms with Gasteiger partial charge in [-0.3, -0.25) is 9.59 Å². The van der Waals surface area contributed by atoms with Crippen molar-refractivity contribution in [3.05, 3.63) is 77.9 Å². The molecule has 0 aliphatic heterocycles. The summed E-state index contributed by atoms with van der Waals surface area (Å²) < 4.78 is 39.8. The highest BCUT2D eigenvalue weighted by atomic mass is 32.2. The lowest BCUT2D eigenvalue weighted by Crippen LogP contribution is -2.71. The molecule has 2 aromatic rings. The number of allylic oxidation sites excluding steroid dienone is 4. The summed E-state index contributed by atoms with van der Waals surface area (Å²) in [5.41, 5.74) is -0.115. The van der Waals surface area contributed by atoms with Crippen LogP contribution in [0.2, 0.25) is 0 Å². The quantitative estimate of drug-likeness (QED) is 0.240. The van der Waals surface area contributed by atoms with Crippen molar-refractivity contribution in [1.29, 1.82) is 0 Å². The number of carbonyl (C=O) groups excluding carboxylic acids is 2. The Bertz CT molecular complexity index is 1580. The number of ether oxygens (including phenoxy) is 1. The van der Waals surface area contributed by atoms with Crippen LogP contribution in [0.3, 0.4) is 0 Å². The fourth-order valence-corrected chi connectivity index (χ4v) is 9.72. The molecule has 45 heavy (non-hydrogen) atoms. The number of alkyl halides is 2. The highest BCUT2D eigenvalue weighted by Crippen LogP contribution is 2.71. The van der Waals surface area contributed by atoms with Gasteiger partial charge in [-0.15, -0.1) is 0 Å². The third kappa shape index (κ3) is 4.66. The number of aliphatic hydroxyl groups is 3. The topological polar surface area (TPSA) is 130 Å². The van der Waals surface area contributed by atoms with Crippen LogP contribution in [0.1, 0.15) is 52.0 Å². The van der Waals surface area contributed by atoms with Crippen molar-refractivity contribution in [1.82, 2.24) is 0 Å². The fraction of sp³-hybridized carbons (Fsp3) is 0.486. The molecule has 0 amide bonds. The molecule has 3 fully saturated rings. The van der Waals surface area contributed by atoms with Crippen molar-refractivity contribution in [3.8, 4) is 0 Å². The molecule has 10 heteroatoms. The van der Waals surface area contributed by atoms with Gasteiger partial charge in [-0.25, -0.2) is 8.78 Å². The SMILES string of the molecule is CC(O)(O[C@]1(C(=O)CO)CCC2C3C[C@H](F)C4=CC(=O)C=CC4(C)[C@@]3(F)C(O)CC21C)c1ccc(Sc2ccc(N)cc2)cc1. The first-order valence-electron chi connectivity index (χ1n) is 15.3. The van der Waals surface area contributed by atoms with E-state index < -0.39 is 70.2 Å². The Morgan fingerprint density at radius 2 is 1.73 bits per heavy atom. The standard InChI is InChI=1S/C35H39F2NO6S/c1-31-14-12-22(40)16-27(31)28(36)17-26-25-13-15-34(30(42)19-39,32(25,2)18-29(41)35(26,31)37)44-33(3,43)20-4-8-23(9-5-20)45-24-10-6-21(38)7-11-24/h4-12,14,16,25-26,28-29,39,41,43H,13,15,17-19,38H2,1-3H3/t25?,26?,28-,29?,31?,32?,33?,34-,35-/m0/s1. The Morgan fingerprint density at radius 1 is 1.11 bits per heavy atom. The van der Waals surface area contributed by atoms with Crippen LogP contribution in [-0.4, -0.2) is 57.0 Å². The normalized spacial score (nSPS) is 38.5. The first-order valence-corrected chi connectivity index (χ1v) is 16.1. The summed E-state index contributed by atoms with van der Waals surface area (Å²) in [7, 11) is 0. The van der Waals surface area contributed by atoms with E-state index in [1.54, 1.807) is 31.2 Å². The van der Waals surface area contributed by atoms with E-state index in [-0.39, 0.29) is 31.3 Å². The predicted molar refractivity (Wildman–Crippen MR) is 166 cm³/mol. The van der Waals surface area contributed by atoms with Crippen LogP contribution in [0, 0.1) is 22.7 Å². The van der Waals surface area contributed by atoms with E-state index >= 15 is 8.78 Å². The van der Waals surface area contributed by atoms with Crippen molar-refractivity contribution in [3.63, 3.8) is 0 Å². The van der Waals surface area contributed by atoms with Crippen molar-refractivity contribution in [2.75, 3.05) is 12.3 Å². The van der Waals surface area contributed by atoms with Gasteiger partial charge in [-0.1, -0.05) is 36.9 Å². The molecule has 3 saturated carbocycles. The van der Waals surface area contributed by atoms with Gasteiger partial charge in [-0.05, 0) is 99.6 Å². The lowest BCUT2D eigenvalue weighted by atomic mass is 9.44. The molecule has 0 radical (unpaired) electrons. The molecular formula is C35H39F2NO6S. The number of hydrogen-bond acceptors (Lipinski definition) is 8. The number of aliphatic hydroxyl groups excluding tert-OH is 2. The minimum Gasteiger partial charge on any atom is -0.399 e. The Morgan fingerprint density at radius 3 is 2.36 bits per heavy atom. The Balaban J connectivity index is 1.33. The average Bonchev–Trinajstić information content (AvgIpc) is 3.28. The first-order chi connectivity index (χ1) is 21.1. The molecule has 5 N–H and O–H groups in total. The summed E-state index contributed by atoms with van der Waals surface area (Å²) in [5, 5.41) is 33.6. The van der Waals surface area contributed by atoms with Crippen molar-refractivity contribution < 1.29 is 38.4 Å². The third-order valence-corrected chi connectivity index (χ3v) is 12.2. The van der Waals surface area contributed by atoms with Crippen molar-refractivity contribution in [2.45, 2.75) is 85.6 Å². The number of fused-ring (bicyclic) bond motifs is 5. The molecule has 2 aromatic carbocycles. The predicted octanol–water partition coefficient (Wildman–Crippen LogP) is 5.22. The van der Waals surface area contributed by atoms with Gasteiger partial charge in [0.1, 0.15) is 18.4 Å². The zero-order chi connectivity index (χ0) is 32.6. The van der Waals surface area contributed by atoms with E-state index in [4.69, 9.17) is 10.5 Å². The number of Topliss-reactive ketones (excluding diaryl/α,β-unsaturated/α-hetero) is 1. The third-order valence-electron chi connectivity index (χ3n) is 11.2. The average molecular weight is 640 g/mol. The highest BCUT2D eigenvalue weighted by molar-refractivity contribution is 7.99. The Hall–Kier alpha value is -2.89. The molecule has 4 aliphatic carbocycles. The molecule has 9 atom stereocenters. The largest absolute Gasteiger partial charge is 0.399 e. The highest BCUT2D eigenvalue weighted by Gasteiger charge is 2.76. The molecule has 0 spiro atoms. The van der Waals surface area contributed by atoms with Gasteiger partial charge in [0.05, 0.1) is 6.10 Å². The second-order valence-corrected chi connectivity index (χ2v) is 14.7. The van der Waals surface area contributed by atoms with Crippen LogP contribution in [-0.2, 0) is 20.1 Å². The number of rotatable bonds is 7. The fourth-order valence-electron chi connectivity index (χ4n) is 8.90. The van der Waals surface area contributed by atoms with Gasteiger partial charge < -0.3 is 25.8 Å². The molecule has 0 bridgehead atoms. The molecule has 0 saturated heterocycles. The minimum absolute atomic E-state index is 0.0179. The van der Waals surface area contributed by atoms with Gasteiger partial charge in [0.2, 0.25) is 0 Å². The van der Waals surface area contributed by atoms with E-state index in [0.29, 0.717) is 11.3 Å². The van der Waals surface area contributed by atoms with Crippen LogP contribution >= 0.6 is 11.8 Å². The van der Waals surface area contributed by atoms with Crippen molar-refractivity contribution >= 4 is 29.0 Å². The second-order valence-electron chi connectivity index (χ2n) is 13.6. The summed E-state index contributed by atoms with van der Waals surface area (Å²) in [5.74, 6) is -4.77. The van der Waals surface area contributed by atoms with Gasteiger partial charge in [0.25, 0.3) is 0 Å². The van der Waals surface area contributed by atoms with Gasteiger partial charge in [0.15, 0.2) is 23.0 Å². The van der Waals surface area contributed by atoms with Crippen LogP contribution in [0.5, 0.6) is 0 Å². The Kier molecular flexibility index (Phi) is 7.72. The second kappa shape index (κ2) is 10.8. The first kappa shape index (κ1) is 32.1. The van der Waals surface area contributed by atoms with Gasteiger partial charge in [0, 0.05) is 37.8 Å². The number of nitrogens with two attached hydrogens (primary N) is 1. The molecule has 0 aromatic heterocycles. The van der Waals surface area contributed by atoms with Crippen LogP contribution < -0.4 is 5.73 Å². The van der Waals surface area contributed by atoms with Crippen LogP contribution in [0.4, 0.5) is 14.5 Å². The molecular weight excluding hydrogens is 600 g/mol. The molecule has 6 rings (SSSR count). The van der Waals surface area contributed by atoms with Crippen LogP contribution in [0.25, 0.3) is 0 Å². The molecule has 6 unspecified atom stereocenters. The number of hydrogen-bond donors (Lipinski definition) is 4. The van der Waals surface area contributed by atoms with Crippen molar-refractivity contribution in [2.24, 2.45) is 22.7 Å². The maximum Gasteiger partial charge on any atom is 0.190 e. The summed E-state index contributed by atoms with van der Waals surface area (Å²) in [6.07, 6.45) is 0.239. The number of benzene rings is 2. The van der Waals surface area contributed by atoms with E-state index in [0.717, 1.165) is 15.9 Å². The lowest BCUT2D eigenvalue weighted by molar-refractivity contribution is -0.299. The summed E-state index contributed by atoms with van der Waals surface area (Å²) in [6, 6.07) is 14.4. The Labute approximate surface area is 265 Å². The number of ketones is 2. The van der Waals surface area contributed by atoms with E-state index in [1.165, 1.54) is 37.8 Å². The van der Waals surface area contributed by atoms with Gasteiger partial charge in [-0.2, -0.15) is 0 Å². The summed E-state index contributed by atoms with van der Waals surface area (Å²) in [4.78, 5) is 27.7. The number of nitrogen functional groups attached to an aromatic ring is 1. The zero-order valence-electron chi connectivity index (χ0n) is 25.5. The van der Waals surface area contributed by atoms with E-state index in [1.807, 2.05) is 24.3 Å². The summed E-state index contributed by atoms with van der Waals surface area (Å²) in [6.45, 7) is 3.75. The molecule has 4 aliphatic rings. The maximum absolute atomic E-state index is 17.5. The number of halogens is 2. The lowest BCUT2D eigenvalue weighted by Gasteiger charge is -2.63. The number of anilines is 1. The van der Waals surface area contributed by atoms with Crippen LogP contribution in [0.15, 0.2) is 82.1 Å². The molecule has 240 valence electrons. The zero-order valence-corrected chi connectivity index (χ0v) is 26.3. The number of carbonyl (C=O) groups is 2. The molecule has 7 nitrogen and oxygen atoms in total. The van der Waals surface area contributed by atoms with Gasteiger partial charge >= 0.3 is 0 Å². The van der Waals surface area contributed by atoms with E-state index in [9.17, 15) is 24.9 Å². The summed E-state index contributed by atoms with van der Waals surface area (Å²) >= 11 is 1.50. The minimum atomic E-state index is -2.32. The monoisotopic (exact) mass is 639 g/mol.